The first kappa shape index (κ1) is 6.66. The highest BCUT2D eigenvalue weighted by Gasteiger charge is 2.54. The molecule has 0 aromatic rings. The van der Waals surface area contributed by atoms with Gasteiger partial charge in [-0.15, -0.1) is 0 Å². The first-order valence-corrected chi connectivity index (χ1v) is 4.59. The van der Waals surface area contributed by atoms with E-state index >= 15 is 0 Å². The van der Waals surface area contributed by atoms with E-state index in [4.69, 9.17) is 0 Å². The van der Waals surface area contributed by atoms with Crippen LogP contribution in [0.5, 0.6) is 0 Å². The van der Waals surface area contributed by atoms with Gasteiger partial charge < -0.3 is 4.48 Å². The molecule has 0 radical (unpaired) electrons. The van der Waals surface area contributed by atoms with E-state index < -0.39 is 0 Å². The molecule has 0 spiro atoms. The lowest BCUT2D eigenvalue weighted by Crippen LogP contribution is -2.34. The fourth-order valence-electron chi connectivity index (χ4n) is 2.50. The van der Waals surface area contributed by atoms with Gasteiger partial charge >= 0.3 is 0 Å². The fraction of sp³-hybridized carbons (Fsp3) is 1.00. The Morgan fingerprint density at radius 1 is 1.30 bits per heavy atom. The molecule has 2 saturated heterocycles. The zero-order chi connectivity index (χ0) is 7.19. The van der Waals surface area contributed by atoms with E-state index in [2.05, 4.69) is 14.0 Å². The molecule has 0 amide bonds. The summed E-state index contributed by atoms with van der Waals surface area (Å²) in [5, 5.41) is 0. The predicted octanol–water partition coefficient (Wildman–Crippen LogP) is 1.64. The number of hydrogen-bond donors (Lipinski definition) is 0. The van der Waals surface area contributed by atoms with Crippen LogP contribution in [0.1, 0.15) is 26.2 Å². The van der Waals surface area contributed by atoms with Gasteiger partial charge in [0.2, 0.25) is 0 Å². The summed E-state index contributed by atoms with van der Waals surface area (Å²) in [7, 11) is 2.42. The van der Waals surface area contributed by atoms with E-state index in [0.29, 0.717) is 0 Å². The van der Waals surface area contributed by atoms with Gasteiger partial charge in [0.1, 0.15) is 12.6 Å². The molecule has 1 nitrogen and oxygen atoms in total. The summed E-state index contributed by atoms with van der Waals surface area (Å²) in [5.74, 6) is 1.05. The van der Waals surface area contributed by atoms with Crippen LogP contribution in [0.2, 0.25) is 0 Å². The van der Waals surface area contributed by atoms with Crippen LogP contribution >= 0.6 is 0 Å². The summed E-state index contributed by atoms with van der Waals surface area (Å²) in [4.78, 5) is 0. The van der Waals surface area contributed by atoms with Crippen LogP contribution in [0.4, 0.5) is 0 Å². The molecular formula is C9H18N+. The van der Waals surface area contributed by atoms with Gasteiger partial charge in [0, 0.05) is 12.3 Å². The maximum Gasteiger partial charge on any atom is 0.139 e. The van der Waals surface area contributed by atoms with Gasteiger partial charge in [-0.3, -0.25) is 0 Å². The molecule has 0 saturated carbocycles. The number of piperidine rings is 1. The van der Waals surface area contributed by atoms with E-state index in [1.807, 2.05) is 0 Å². The Labute approximate surface area is 63.6 Å². The van der Waals surface area contributed by atoms with Gasteiger partial charge in [0.05, 0.1) is 13.6 Å². The third-order valence-electron chi connectivity index (χ3n) is 3.54. The van der Waals surface area contributed by atoms with Crippen molar-refractivity contribution in [3.8, 4) is 0 Å². The third kappa shape index (κ3) is 0.878. The first-order valence-electron chi connectivity index (χ1n) is 4.59. The quantitative estimate of drug-likeness (QED) is 0.383. The van der Waals surface area contributed by atoms with Crippen molar-refractivity contribution in [1.82, 2.24) is 0 Å². The molecule has 0 aromatic carbocycles. The maximum absolute atomic E-state index is 2.42. The number of quaternary nitrogens is 1. The van der Waals surface area contributed by atoms with Gasteiger partial charge in [-0.25, -0.2) is 0 Å². The maximum atomic E-state index is 2.42. The van der Waals surface area contributed by atoms with Crippen molar-refractivity contribution in [1.29, 1.82) is 0 Å². The van der Waals surface area contributed by atoms with Crippen molar-refractivity contribution in [3.05, 3.63) is 0 Å². The smallest absolute Gasteiger partial charge is 0.139 e. The van der Waals surface area contributed by atoms with Crippen molar-refractivity contribution in [2.75, 3.05) is 20.1 Å². The highest BCUT2D eigenvalue weighted by Crippen LogP contribution is 2.39. The summed E-state index contributed by atoms with van der Waals surface area (Å²) in [6, 6.07) is 1.07. The molecule has 2 fully saturated rings. The second kappa shape index (κ2) is 1.97. The van der Waals surface area contributed by atoms with Crippen LogP contribution in [-0.2, 0) is 0 Å². The normalized spacial score (nSPS) is 52.2. The minimum Gasteiger partial charge on any atom is -0.314 e. The largest absolute Gasteiger partial charge is 0.314 e. The fourth-order valence-corrected chi connectivity index (χ4v) is 2.50. The second-order valence-corrected chi connectivity index (χ2v) is 4.35. The molecule has 58 valence electrons. The zero-order valence-corrected chi connectivity index (χ0v) is 7.14. The first-order chi connectivity index (χ1) is 4.74. The standard InChI is InChI=1S/C9H18N/c1-3-8-4-5-9-7-10(9,2)6-8/h8-9H,3-7H2,1-2H3/q+1/t8-,9?,10?/m0/s1. The number of rotatable bonds is 1. The molecule has 0 N–H and O–H groups in total. The van der Waals surface area contributed by atoms with Gasteiger partial charge in [-0.1, -0.05) is 6.92 Å². The van der Waals surface area contributed by atoms with Crippen LogP contribution in [-0.4, -0.2) is 30.7 Å². The number of fused-ring (bicyclic) bond motifs is 1. The zero-order valence-electron chi connectivity index (χ0n) is 7.14. The Hall–Kier alpha value is -0.0400. The van der Waals surface area contributed by atoms with Gasteiger partial charge in [-0.2, -0.15) is 0 Å². The van der Waals surface area contributed by atoms with Gasteiger partial charge in [-0.05, 0) is 12.8 Å². The average Bonchev–Trinajstić information content (AvgIpc) is 2.58. The van der Waals surface area contributed by atoms with Crippen molar-refractivity contribution >= 4 is 0 Å². The monoisotopic (exact) mass is 140 g/mol. The number of likely N-dealkylation sites (N-methyl/N-ethyl adjacent to an activating group) is 1. The van der Waals surface area contributed by atoms with Crippen LogP contribution < -0.4 is 0 Å². The lowest BCUT2D eigenvalue weighted by atomic mass is 9.96. The van der Waals surface area contributed by atoms with Crippen molar-refractivity contribution < 1.29 is 4.48 Å². The Kier molecular flexibility index (Phi) is 1.31. The summed E-state index contributed by atoms with van der Waals surface area (Å²) in [5.41, 5.74) is 0. The number of hydrogen-bond acceptors (Lipinski definition) is 0. The van der Waals surface area contributed by atoms with Crippen LogP contribution in [0.25, 0.3) is 0 Å². The van der Waals surface area contributed by atoms with Crippen LogP contribution in [0, 0.1) is 5.92 Å². The van der Waals surface area contributed by atoms with Crippen molar-refractivity contribution in [2.45, 2.75) is 32.2 Å². The van der Waals surface area contributed by atoms with E-state index in [-0.39, 0.29) is 0 Å². The molecule has 0 aromatic heterocycles. The molecule has 1 heteroatoms. The minimum absolute atomic E-state index is 1.05. The van der Waals surface area contributed by atoms with E-state index in [1.54, 1.807) is 0 Å². The SMILES string of the molecule is CC[C@H]1CCC2C[N+]2(C)C1. The van der Waals surface area contributed by atoms with Crippen LogP contribution in [0.15, 0.2) is 0 Å². The summed E-state index contributed by atoms with van der Waals surface area (Å²) >= 11 is 0. The lowest BCUT2D eigenvalue weighted by Gasteiger charge is -2.25. The van der Waals surface area contributed by atoms with Crippen LogP contribution in [0.3, 0.4) is 0 Å². The lowest BCUT2D eigenvalue weighted by molar-refractivity contribution is -0.801. The van der Waals surface area contributed by atoms with Crippen molar-refractivity contribution in [3.63, 3.8) is 0 Å². The molecule has 2 aliphatic heterocycles. The molecule has 2 rings (SSSR count). The van der Waals surface area contributed by atoms with E-state index in [1.165, 1.54) is 36.8 Å². The topological polar surface area (TPSA) is 0 Å². The highest BCUT2D eigenvalue weighted by molar-refractivity contribution is 4.80. The third-order valence-corrected chi connectivity index (χ3v) is 3.54. The molecule has 2 aliphatic rings. The Morgan fingerprint density at radius 3 is 2.70 bits per heavy atom. The number of nitrogens with zero attached hydrogens (tertiary/aromatic N) is 1. The molecule has 0 aliphatic carbocycles. The molecule has 0 bridgehead atoms. The van der Waals surface area contributed by atoms with Crippen molar-refractivity contribution in [2.24, 2.45) is 5.92 Å². The summed E-state index contributed by atoms with van der Waals surface area (Å²) in [6.45, 7) is 5.29. The Bertz CT molecular complexity index is 144. The summed E-state index contributed by atoms with van der Waals surface area (Å²) < 4.78 is 1.42. The molecule has 2 heterocycles. The predicted molar refractivity (Wildman–Crippen MR) is 42.7 cm³/mol. The Balaban J connectivity index is 1.96. The van der Waals surface area contributed by atoms with Gasteiger partial charge in [0.15, 0.2) is 0 Å². The molecule has 10 heavy (non-hydrogen) atoms. The molecule has 2 unspecified atom stereocenters. The highest BCUT2D eigenvalue weighted by atomic mass is 15.5. The molecule has 3 atom stereocenters. The minimum atomic E-state index is 1.05. The van der Waals surface area contributed by atoms with Gasteiger partial charge in [0.25, 0.3) is 0 Å². The molecular weight excluding hydrogens is 122 g/mol. The van der Waals surface area contributed by atoms with E-state index in [9.17, 15) is 0 Å². The average molecular weight is 140 g/mol. The Morgan fingerprint density at radius 2 is 2.10 bits per heavy atom. The summed E-state index contributed by atoms with van der Waals surface area (Å²) in [6.07, 6.45) is 4.42. The second-order valence-electron chi connectivity index (χ2n) is 4.35. The van der Waals surface area contributed by atoms with E-state index in [0.717, 1.165) is 12.0 Å².